The number of benzene rings is 2. The SMILES string of the molecule is CCOCCOc1cccc(C(=O)NCCCCCCCCNC(=O)c2cccc(OCCOCC)c2)c1. The van der Waals surface area contributed by atoms with Crippen molar-refractivity contribution in [3.8, 4) is 11.5 Å². The third-order valence-corrected chi connectivity index (χ3v) is 5.77. The van der Waals surface area contributed by atoms with Crippen LogP contribution in [0.25, 0.3) is 0 Å². The maximum absolute atomic E-state index is 12.4. The Labute approximate surface area is 227 Å². The summed E-state index contributed by atoms with van der Waals surface area (Å²) in [7, 11) is 0. The van der Waals surface area contributed by atoms with Gasteiger partial charge in [-0.2, -0.15) is 0 Å². The molecule has 0 aliphatic heterocycles. The largest absolute Gasteiger partial charge is 0.491 e. The lowest BCUT2D eigenvalue weighted by Gasteiger charge is -2.09. The van der Waals surface area contributed by atoms with Crippen LogP contribution in [0, 0.1) is 0 Å². The molecule has 8 nitrogen and oxygen atoms in total. The van der Waals surface area contributed by atoms with E-state index in [0.29, 0.717) is 75.4 Å². The molecule has 0 saturated heterocycles. The molecule has 38 heavy (non-hydrogen) atoms. The Kier molecular flexibility index (Phi) is 16.3. The highest BCUT2D eigenvalue weighted by Gasteiger charge is 2.07. The van der Waals surface area contributed by atoms with Gasteiger partial charge in [-0.1, -0.05) is 37.8 Å². The van der Waals surface area contributed by atoms with Crippen LogP contribution >= 0.6 is 0 Å². The lowest BCUT2D eigenvalue weighted by Crippen LogP contribution is -2.24. The first-order valence-electron chi connectivity index (χ1n) is 13.8. The summed E-state index contributed by atoms with van der Waals surface area (Å²) in [5.74, 6) is 1.17. The predicted molar refractivity (Wildman–Crippen MR) is 149 cm³/mol. The average Bonchev–Trinajstić information content (AvgIpc) is 2.94. The third kappa shape index (κ3) is 13.4. The topological polar surface area (TPSA) is 95.1 Å². The number of nitrogens with one attached hydrogen (secondary N) is 2. The molecular formula is C30H44N2O6. The summed E-state index contributed by atoms with van der Waals surface area (Å²) in [6.45, 7) is 8.49. The van der Waals surface area contributed by atoms with Gasteiger partial charge in [-0.15, -0.1) is 0 Å². The van der Waals surface area contributed by atoms with E-state index >= 15 is 0 Å². The van der Waals surface area contributed by atoms with Crippen molar-refractivity contribution in [1.82, 2.24) is 10.6 Å². The van der Waals surface area contributed by atoms with Crippen LogP contribution in [-0.4, -0.2) is 64.5 Å². The second-order valence-electron chi connectivity index (χ2n) is 8.78. The van der Waals surface area contributed by atoms with Crippen LogP contribution in [0.2, 0.25) is 0 Å². The zero-order valence-electron chi connectivity index (χ0n) is 23.0. The number of unbranched alkanes of at least 4 members (excludes halogenated alkanes) is 5. The summed E-state index contributed by atoms with van der Waals surface area (Å²) in [5, 5.41) is 5.96. The Balaban J connectivity index is 1.49. The molecule has 2 aromatic rings. The zero-order chi connectivity index (χ0) is 27.3. The summed E-state index contributed by atoms with van der Waals surface area (Å²) in [6, 6.07) is 14.4. The highest BCUT2D eigenvalue weighted by Crippen LogP contribution is 2.14. The zero-order valence-corrected chi connectivity index (χ0v) is 23.0. The molecule has 0 aromatic heterocycles. The van der Waals surface area contributed by atoms with Gasteiger partial charge in [0.1, 0.15) is 24.7 Å². The molecule has 0 bridgehead atoms. The van der Waals surface area contributed by atoms with Crippen molar-refractivity contribution in [2.75, 3.05) is 52.7 Å². The van der Waals surface area contributed by atoms with E-state index < -0.39 is 0 Å². The van der Waals surface area contributed by atoms with E-state index in [4.69, 9.17) is 18.9 Å². The Morgan fingerprint density at radius 3 is 1.45 bits per heavy atom. The number of ether oxygens (including phenoxy) is 4. The van der Waals surface area contributed by atoms with Gasteiger partial charge < -0.3 is 29.6 Å². The molecule has 0 radical (unpaired) electrons. The maximum atomic E-state index is 12.4. The molecule has 2 N–H and O–H groups in total. The van der Waals surface area contributed by atoms with Crippen molar-refractivity contribution < 1.29 is 28.5 Å². The Bertz CT molecular complexity index is 861. The third-order valence-electron chi connectivity index (χ3n) is 5.77. The fourth-order valence-electron chi connectivity index (χ4n) is 3.74. The Morgan fingerprint density at radius 1 is 0.605 bits per heavy atom. The normalized spacial score (nSPS) is 10.7. The van der Waals surface area contributed by atoms with Gasteiger partial charge in [0.15, 0.2) is 0 Å². The average molecular weight is 529 g/mol. The molecule has 0 atom stereocenters. The van der Waals surface area contributed by atoms with E-state index in [-0.39, 0.29) is 11.8 Å². The van der Waals surface area contributed by atoms with Crippen molar-refractivity contribution in [2.24, 2.45) is 0 Å². The van der Waals surface area contributed by atoms with E-state index in [1.807, 2.05) is 38.1 Å². The highest BCUT2D eigenvalue weighted by atomic mass is 16.5. The number of hydrogen-bond donors (Lipinski definition) is 2. The molecule has 2 rings (SSSR count). The molecule has 0 aliphatic carbocycles. The highest BCUT2D eigenvalue weighted by molar-refractivity contribution is 5.95. The van der Waals surface area contributed by atoms with Gasteiger partial charge >= 0.3 is 0 Å². The molecular weight excluding hydrogens is 484 g/mol. The van der Waals surface area contributed by atoms with E-state index in [2.05, 4.69) is 10.6 Å². The molecule has 0 heterocycles. The number of hydrogen-bond acceptors (Lipinski definition) is 6. The van der Waals surface area contributed by atoms with Crippen molar-refractivity contribution in [3.05, 3.63) is 59.7 Å². The van der Waals surface area contributed by atoms with E-state index in [0.717, 1.165) is 38.5 Å². The quantitative estimate of drug-likeness (QED) is 0.221. The molecule has 0 fully saturated rings. The van der Waals surface area contributed by atoms with E-state index in [1.54, 1.807) is 24.3 Å². The fraction of sp³-hybridized carbons (Fsp3) is 0.533. The summed E-state index contributed by atoms with van der Waals surface area (Å²) < 4.78 is 21.8. The van der Waals surface area contributed by atoms with Gasteiger partial charge in [-0.3, -0.25) is 9.59 Å². The van der Waals surface area contributed by atoms with E-state index in [1.165, 1.54) is 0 Å². The fourth-order valence-corrected chi connectivity index (χ4v) is 3.74. The molecule has 0 aliphatic rings. The lowest BCUT2D eigenvalue weighted by atomic mass is 10.1. The van der Waals surface area contributed by atoms with Gasteiger partial charge in [-0.05, 0) is 63.1 Å². The summed E-state index contributed by atoms with van der Waals surface area (Å²) in [6.07, 6.45) is 6.21. The summed E-state index contributed by atoms with van der Waals surface area (Å²) in [4.78, 5) is 24.8. The first kappa shape index (κ1) is 31.1. The van der Waals surface area contributed by atoms with Crippen molar-refractivity contribution in [1.29, 1.82) is 0 Å². The van der Waals surface area contributed by atoms with Crippen LogP contribution in [0.3, 0.4) is 0 Å². The molecule has 0 unspecified atom stereocenters. The van der Waals surface area contributed by atoms with Crippen LogP contribution in [0.5, 0.6) is 11.5 Å². The smallest absolute Gasteiger partial charge is 0.251 e. The minimum Gasteiger partial charge on any atom is -0.491 e. The second-order valence-corrected chi connectivity index (χ2v) is 8.78. The minimum absolute atomic E-state index is 0.0846. The lowest BCUT2D eigenvalue weighted by molar-refractivity contribution is 0.0943. The number of rotatable bonds is 21. The predicted octanol–water partition coefficient (Wildman–Crippen LogP) is 5.02. The maximum Gasteiger partial charge on any atom is 0.251 e. The number of carbonyl (C=O) groups excluding carboxylic acids is 2. The summed E-state index contributed by atoms with van der Waals surface area (Å²) >= 11 is 0. The van der Waals surface area contributed by atoms with Crippen molar-refractivity contribution >= 4 is 11.8 Å². The molecule has 2 amide bonds. The molecule has 0 saturated carbocycles. The van der Waals surface area contributed by atoms with Crippen LogP contribution in [-0.2, 0) is 9.47 Å². The van der Waals surface area contributed by atoms with Crippen LogP contribution < -0.4 is 20.1 Å². The van der Waals surface area contributed by atoms with Crippen LogP contribution in [0.4, 0.5) is 0 Å². The Morgan fingerprint density at radius 2 is 1.03 bits per heavy atom. The number of amides is 2. The van der Waals surface area contributed by atoms with Gasteiger partial charge in [0.05, 0.1) is 13.2 Å². The van der Waals surface area contributed by atoms with Gasteiger partial charge in [0, 0.05) is 37.4 Å². The van der Waals surface area contributed by atoms with Gasteiger partial charge in [0.25, 0.3) is 11.8 Å². The van der Waals surface area contributed by atoms with Gasteiger partial charge in [0.2, 0.25) is 0 Å². The molecule has 210 valence electrons. The van der Waals surface area contributed by atoms with Gasteiger partial charge in [-0.25, -0.2) is 0 Å². The van der Waals surface area contributed by atoms with Crippen LogP contribution in [0.15, 0.2) is 48.5 Å². The summed E-state index contributed by atoms with van der Waals surface area (Å²) in [5.41, 5.74) is 1.20. The van der Waals surface area contributed by atoms with Crippen LogP contribution in [0.1, 0.15) is 73.1 Å². The molecule has 0 spiro atoms. The van der Waals surface area contributed by atoms with Crippen molar-refractivity contribution in [2.45, 2.75) is 52.4 Å². The van der Waals surface area contributed by atoms with E-state index in [9.17, 15) is 9.59 Å². The minimum atomic E-state index is -0.0846. The Hall–Kier alpha value is -3.10. The first-order chi connectivity index (χ1) is 18.6. The van der Waals surface area contributed by atoms with Crippen molar-refractivity contribution in [3.63, 3.8) is 0 Å². The second kappa shape index (κ2) is 19.9. The first-order valence-corrected chi connectivity index (χ1v) is 13.8. The molecule has 8 heteroatoms. The molecule has 2 aromatic carbocycles. The monoisotopic (exact) mass is 528 g/mol. The number of carbonyl (C=O) groups is 2. The standard InChI is InChI=1S/C30H44N2O6/c1-3-35-19-21-37-27-15-11-13-25(23-27)29(33)31-17-9-7-5-6-8-10-18-32-30(34)26-14-12-16-28(24-26)38-22-20-36-4-2/h11-16,23-24H,3-10,17-22H2,1-2H3,(H,31,33)(H,32,34).